The Morgan fingerprint density at radius 1 is 1.38 bits per heavy atom. The second kappa shape index (κ2) is 4.00. The summed E-state index contributed by atoms with van der Waals surface area (Å²) in [4.78, 5) is 25.3. The van der Waals surface area contributed by atoms with E-state index in [0.717, 1.165) is 0 Å². The first-order valence-electron chi connectivity index (χ1n) is 4.96. The number of carbonyl (C=O) groups is 2. The van der Waals surface area contributed by atoms with Gasteiger partial charge in [0.15, 0.2) is 0 Å². The number of rotatable bonds is 2. The lowest BCUT2D eigenvalue weighted by Gasteiger charge is -2.17. The van der Waals surface area contributed by atoms with Crippen molar-refractivity contribution < 1.29 is 14.7 Å². The molecule has 0 aliphatic heterocycles. The van der Waals surface area contributed by atoms with Gasteiger partial charge in [0.25, 0.3) is 0 Å². The Kier molecular flexibility index (Phi) is 3.07. The second-order valence-corrected chi connectivity index (χ2v) is 4.75. The van der Waals surface area contributed by atoms with Gasteiger partial charge in [-0.2, -0.15) is 0 Å². The van der Waals surface area contributed by atoms with E-state index in [0.29, 0.717) is 11.4 Å². The summed E-state index contributed by atoms with van der Waals surface area (Å²) in [7, 11) is 0. The molecule has 0 saturated heterocycles. The van der Waals surface area contributed by atoms with Crippen LogP contribution >= 0.6 is 0 Å². The van der Waals surface area contributed by atoms with Crippen molar-refractivity contribution in [2.75, 3.05) is 5.32 Å². The zero-order valence-electron chi connectivity index (χ0n) is 9.84. The van der Waals surface area contributed by atoms with Crippen LogP contribution in [0.2, 0.25) is 0 Å². The van der Waals surface area contributed by atoms with E-state index in [1.165, 1.54) is 0 Å². The molecule has 0 unspecified atom stereocenters. The lowest BCUT2D eigenvalue weighted by Crippen LogP contribution is -2.28. The van der Waals surface area contributed by atoms with Crippen molar-refractivity contribution in [3.63, 3.8) is 0 Å². The number of carbonyl (C=O) groups excluding carboxylic acids is 1. The number of aryl methyl sites for hydroxylation is 1. The van der Waals surface area contributed by atoms with Crippen LogP contribution in [-0.2, 0) is 4.79 Å². The molecule has 0 fully saturated rings. The molecule has 1 aromatic rings. The molecule has 88 valence electrons. The molecule has 16 heavy (non-hydrogen) atoms. The molecule has 1 amide bonds. The monoisotopic (exact) mass is 224 g/mol. The molecule has 1 heterocycles. The smallest absolute Gasteiger partial charge is 0.354 e. The van der Waals surface area contributed by atoms with E-state index in [-0.39, 0.29) is 11.6 Å². The van der Waals surface area contributed by atoms with Gasteiger partial charge in [-0.1, -0.05) is 20.8 Å². The molecule has 1 rings (SSSR count). The van der Waals surface area contributed by atoms with Crippen LogP contribution in [0.5, 0.6) is 0 Å². The van der Waals surface area contributed by atoms with E-state index in [4.69, 9.17) is 5.11 Å². The Labute approximate surface area is 93.9 Å². The van der Waals surface area contributed by atoms with E-state index in [1.807, 2.05) is 0 Å². The van der Waals surface area contributed by atoms with E-state index in [2.05, 4.69) is 10.3 Å². The maximum absolute atomic E-state index is 11.7. The molecule has 0 spiro atoms. The van der Waals surface area contributed by atoms with Crippen molar-refractivity contribution in [3.05, 3.63) is 17.5 Å². The highest BCUT2D eigenvalue weighted by atomic mass is 16.4. The fourth-order valence-electron chi connectivity index (χ4n) is 1.17. The number of aromatic nitrogens is 1. The van der Waals surface area contributed by atoms with Gasteiger partial charge in [0.1, 0.15) is 5.69 Å². The average molecular weight is 224 g/mol. The van der Waals surface area contributed by atoms with Crippen LogP contribution in [0.25, 0.3) is 0 Å². The summed E-state index contributed by atoms with van der Waals surface area (Å²) in [5.41, 5.74) is 0.461. The van der Waals surface area contributed by atoms with Gasteiger partial charge < -0.3 is 15.4 Å². The maximum atomic E-state index is 11.7. The van der Waals surface area contributed by atoms with Crippen molar-refractivity contribution in [3.8, 4) is 0 Å². The van der Waals surface area contributed by atoms with Gasteiger partial charge in [-0.15, -0.1) is 0 Å². The van der Waals surface area contributed by atoms with Crippen LogP contribution in [0.4, 0.5) is 5.69 Å². The van der Waals surface area contributed by atoms with Crippen LogP contribution in [0.3, 0.4) is 0 Å². The predicted octanol–water partition coefficient (Wildman–Crippen LogP) is 2.01. The normalized spacial score (nSPS) is 11.2. The number of aromatic carboxylic acids is 1. The minimum absolute atomic E-state index is 0.00935. The van der Waals surface area contributed by atoms with E-state index < -0.39 is 11.4 Å². The van der Waals surface area contributed by atoms with Gasteiger partial charge in [-0.25, -0.2) is 4.79 Å². The van der Waals surface area contributed by atoms with Crippen LogP contribution in [0.15, 0.2) is 6.07 Å². The molecule has 1 aromatic heterocycles. The minimum atomic E-state index is -1.09. The molecule has 5 nitrogen and oxygen atoms in total. The first-order chi connectivity index (χ1) is 7.21. The fraction of sp³-hybridized carbons (Fsp3) is 0.455. The van der Waals surface area contributed by atoms with Gasteiger partial charge in [0.05, 0.1) is 5.69 Å². The molecule has 0 aliphatic carbocycles. The zero-order chi connectivity index (χ0) is 12.5. The zero-order valence-corrected chi connectivity index (χ0v) is 9.84. The Hall–Kier alpha value is -1.78. The highest BCUT2D eigenvalue weighted by Gasteiger charge is 2.23. The first-order valence-corrected chi connectivity index (χ1v) is 4.96. The van der Waals surface area contributed by atoms with E-state index in [9.17, 15) is 9.59 Å². The van der Waals surface area contributed by atoms with Crippen LogP contribution in [0, 0.1) is 12.3 Å². The maximum Gasteiger partial charge on any atom is 0.354 e. The summed E-state index contributed by atoms with van der Waals surface area (Å²) in [5, 5.41) is 11.5. The number of aromatic amines is 1. The molecule has 0 aromatic carbocycles. The third-order valence-corrected chi connectivity index (χ3v) is 2.10. The lowest BCUT2D eigenvalue weighted by molar-refractivity contribution is -0.123. The highest BCUT2D eigenvalue weighted by Crippen LogP contribution is 2.21. The summed E-state index contributed by atoms with van der Waals surface area (Å²) in [6.07, 6.45) is 0. The second-order valence-electron chi connectivity index (χ2n) is 4.75. The van der Waals surface area contributed by atoms with Crippen molar-refractivity contribution >= 4 is 17.6 Å². The summed E-state index contributed by atoms with van der Waals surface area (Å²) in [6, 6.07) is 1.60. The summed E-state index contributed by atoms with van der Waals surface area (Å²) in [5.74, 6) is -1.30. The number of amides is 1. The van der Waals surface area contributed by atoms with Gasteiger partial charge in [-0.3, -0.25) is 4.79 Å². The van der Waals surface area contributed by atoms with Crippen molar-refractivity contribution in [1.82, 2.24) is 4.98 Å². The Balaban J connectivity index is 2.98. The fourth-order valence-corrected chi connectivity index (χ4v) is 1.17. The van der Waals surface area contributed by atoms with Crippen molar-refractivity contribution in [2.24, 2.45) is 5.41 Å². The molecule has 0 bridgehead atoms. The molecule has 0 saturated carbocycles. The van der Waals surface area contributed by atoms with Crippen LogP contribution in [0.1, 0.15) is 37.0 Å². The van der Waals surface area contributed by atoms with E-state index >= 15 is 0 Å². The number of hydrogen-bond donors (Lipinski definition) is 3. The molecule has 5 heteroatoms. The number of nitrogens with one attached hydrogen (secondary N) is 2. The number of H-pyrrole nitrogens is 1. The van der Waals surface area contributed by atoms with Gasteiger partial charge in [0, 0.05) is 11.1 Å². The summed E-state index contributed by atoms with van der Waals surface area (Å²) in [6.45, 7) is 7.03. The summed E-state index contributed by atoms with van der Waals surface area (Å²) >= 11 is 0. The topological polar surface area (TPSA) is 82.2 Å². The summed E-state index contributed by atoms with van der Waals surface area (Å²) < 4.78 is 0. The molecular formula is C11H16N2O3. The Bertz CT molecular complexity index is 427. The van der Waals surface area contributed by atoms with Gasteiger partial charge in [0.2, 0.25) is 5.91 Å². The van der Waals surface area contributed by atoms with E-state index in [1.54, 1.807) is 33.8 Å². The average Bonchev–Trinajstić information content (AvgIpc) is 2.45. The standard InChI is InChI=1S/C11H16N2O3/c1-6-5-7(8(12-6)9(14)15)13-10(16)11(2,3)4/h5,12H,1-4H3,(H,13,16)(H,14,15). The minimum Gasteiger partial charge on any atom is -0.477 e. The number of hydrogen-bond acceptors (Lipinski definition) is 2. The molecule has 0 radical (unpaired) electrons. The van der Waals surface area contributed by atoms with Crippen molar-refractivity contribution in [1.29, 1.82) is 0 Å². The van der Waals surface area contributed by atoms with Gasteiger partial charge in [-0.05, 0) is 13.0 Å². The largest absolute Gasteiger partial charge is 0.477 e. The lowest BCUT2D eigenvalue weighted by atomic mass is 9.95. The van der Waals surface area contributed by atoms with Crippen LogP contribution in [-0.4, -0.2) is 22.0 Å². The third kappa shape index (κ3) is 2.62. The van der Waals surface area contributed by atoms with Gasteiger partial charge >= 0.3 is 5.97 Å². The first kappa shape index (κ1) is 12.3. The highest BCUT2D eigenvalue weighted by molar-refractivity contribution is 6.01. The molecular weight excluding hydrogens is 208 g/mol. The Morgan fingerprint density at radius 2 is 1.94 bits per heavy atom. The predicted molar refractivity (Wildman–Crippen MR) is 60.6 cm³/mol. The number of anilines is 1. The molecule has 0 atom stereocenters. The quantitative estimate of drug-likeness (QED) is 0.718. The number of carboxylic acid groups (broad SMARTS) is 1. The third-order valence-electron chi connectivity index (χ3n) is 2.10. The van der Waals surface area contributed by atoms with Crippen molar-refractivity contribution in [2.45, 2.75) is 27.7 Å². The Morgan fingerprint density at radius 3 is 2.38 bits per heavy atom. The molecule has 3 N–H and O–H groups in total. The SMILES string of the molecule is Cc1cc(NC(=O)C(C)(C)C)c(C(=O)O)[nH]1. The molecule has 0 aliphatic rings. The number of carboxylic acids is 1. The van der Waals surface area contributed by atoms with Crippen LogP contribution < -0.4 is 5.32 Å².